The Morgan fingerprint density at radius 2 is 2.35 bits per heavy atom. The predicted molar refractivity (Wildman–Crippen MR) is 64.5 cm³/mol. The van der Waals surface area contributed by atoms with Gasteiger partial charge in [0.2, 0.25) is 0 Å². The van der Waals surface area contributed by atoms with Gasteiger partial charge in [-0.15, -0.1) is 0 Å². The molecule has 1 aromatic carbocycles. The van der Waals surface area contributed by atoms with Crippen LogP contribution in [0.15, 0.2) is 30.6 Å². The van der Waals surface area contributed by atoms with Crippen LogP contribution in [0, 0.1) is 0 Å². The highest BCUT2D eigenvalue weighted by Gasteiger charge is 2.10. The summed E-state index contributed by atoms with van der Waals surface area (Å²) in [6, 6.07) is 5.00. The number of methoxy groups -OCH3 is 1. The number of hydrogen-bond acceptors (Lipinski definition) is 3. The molecule has 1 aromatic heterocycles. The van der Waals surface area contributed by atoms with E-state index in [2.05, 4.69) is 15.5 Å². The molecule has 0 saturated carbocycles. The van der Waals surface area contributed by atoms with Crippen molar-refractivity contribution in [2.45, 2.75) is 0 Å². The number of benzene rings is 1. The molecule has 88 valence electrons. The van der Waals surface area contributed by atoms with Crippen LogP contribution in [-0.2, 0) is 0 Å². The largest absolute Gasteiger partial charge is 0.495 e. The molecule has 2 rings (SSSR count). The third-order valence-electron chi connectivity index (χ3n) is 2.17. The Morgan fingerprint density at radius 3 is 3.00 bits per heavy atom. The average molecular weight is 252 g/mol. The van der Waals surface area contributed by atoms with Crippen molar-refractivity contribution in [1.29, 1.82) is 0 Å². The minimum Gasteiger partial charge on any atom is -0.495 e. The highest BCUT2D eigenvalue weighted by molar-refractivity contribution is 6.31. The molecule has 0 atom stereocenters. The summed E-state index contributed by atoms with van der Waals surface area (Å²) in [5, 5.41) is 9.49. The van der Waals surface area contributed by atoms with Crippen molar-refractivity contribution in [2.75, 3.05) is 12.4 Å². The summed E-state index contributed by atoms with van der Waals surface area (Å²) in [4.78, 5) is 11.8. The molecular weight excluding hydrogens is 242 g/mol. The monoisotopic (exact) mass is 251 g/mol. The second-order valence-electron chi connectivity index (χ2n) is 3.29. The SMILES string of the molecule is COc1ccc(Cl)cc1NC(=O)c1cn[nH]c1. The van der Waals surface area contributed by atoms with Crippen molar-refractivity contribution in [3.05, 3.63) is 41.2 Å². The normalized spacial score (nSPS) is 10.0. The average Bonchev–Trinajstić information content (AvgIpc) is 2.83. The summed E-state index contributed by atoms with van der Waals surface area (Å²) < 4.78 is 5.12. The van der Waals surface area contributed by atoms with E-state index in [1.807, 2.05) is 0 Å². The van der Waals surface area contributed by atoms with E-state index in [1.54, 1.807) is 18.2 Å². The molecule has 0 saturated heterocycles. The number of nitrogens with one attached hydrogen (secondary N) is 2. The molecule has 0 aliphatic rings. The van der Waals surface area contributed by atoms with Crippen LogP contribution in [0.5, 0.6) is 5.75 Å². The van der Waals surface area contributed by atoms with E-state index in [0.29, 0.717) is 22.0 Å². The number of ether oxygens (including phenoxy) is 1. The van der Waals surface area contributed by atoms with Gasteiger partial charge in [0, 0.05) is 11.2 Å². The smallest absolute Gasteiger partial charge is 0.258 e. The molecule has 1 amide bonds. The van der Waals surface area contributed by atoms with E-state index >= 15 is 0 Å². The fraction of sp³-hybridized carbons (Fsp3) is 0.0909. The van der Waals surface area contributed by atoms with Crippen LogP contribution in [-0.4, -0.2) is 23.2 Å². The molecular formula is C11H10ClN3O2. The van der Waals surface area contributed by atoms with E-state index in [-0.39, 0.29) is 5.91 Å². The van der Waals surface area contributed by atoms with Crippen molar-refractivity contribution in [2.24, 2.45) is 0 Å². The Balaban J connectivity index is 2.23. The number of halogens is 1. The molecule has 0 aliphatic carbocycles. The van der Waals surface area contributed by atoms with Gasteiger partial charge in [-0.3, -0.25) is 9.89 Å². The van der Waals surface area contributed by atoms with Gasteiger partial charge in [0.05, 0.1) is 24.6 Å². The van der Waals surface area contributed by atoms with Crippen molar-refractivity contribution >= 4 is 23.2 Å². The van der Waals surface area contributed by atoms with Gasteiger partial charge in [-0.25, -0.2) is 0 Å². The molecule has 0 fully saturated rings. The van der Waals surface area contributed by atoms with E-state index in [1.165, 1.54) is 19.5 Å². The number of amides is 1. The van der Waals surface area contributed by atoms with Crippen LogP contribution in [0.3, 0.4) is 0 Å². The summed E-state index contributed by atoms with van der Waals surface area (Å²) in [6.45, 7) is 0. The summed E-state index contributed by atoms with van der Waals surface area (Å²) in [5.41, 5.74) is 0.957. The van der Waals surface area contributed by atoms with E-state index < -0.39 is 0 Å². The first-order valence-corrected chi connectivity index (χ1v) is 5.22. The lowest BCUT2D eigenvalue weighted by molar-refractivity contribution is 0.102. The molecule has 2 aromatic rings. The van der Waals surface area contributed by atoms with Crippen molar-refractivity contribution in [3.63, 3.8) is 0 Å². The van der Waals surface area contributed by atoms with Crippen molar-refractivity contribution < 1.29 is 9.53 Å². The Morgan fingerprint density at radius 1 is 1.53 bits per heavy atom. The number of anilines is 1. The highest BCUT2D eigenvalue weighted by Crippen LogP contribution is 2.27. The number of carbonyl (C=O) groups is 1. The number of H-pyrrole nitrogens is 1. The third kappa shape index (κ3) is 2.57. The van der Waals surface area contributed by atoms with Crippen LogP contribution in [0.25, 0.3) is 0 Å². The summed E-state index contributed by atoms with van der Waals surface area (Å²) >= 11 is 5.86. The number of carbonyl (C=O) groups excluding carboxylic acids is 1. The lowest BCUT2D eigenvalue weighted by Crippen LogP contribution is -2.11. The van der Waals surface area contributed by atoms with Gasteiger partial charge >= 0.3 is 0 Å². The van der Waals surface area contributed by atoms with Crippen LogP contribution in [0.2, 0.25) is 5.02 Å². The zero-order valence-corrected chi connectivity index (χ0v) is 9.78. The van der Waals surface area contributed by atoms with Crippen LogP contribution >= 0.6 is 11.6 Å². The number of nitrogens with zero attached hydrogens (tertiary/aromatic N) is 1. The lowest BCUT2D eigenvalue weighted by atomic mass is 10.2. The van der Waals surface area contributed by atoms with Crippen LogP contribution < -0.4 is 10.1 Å². The zero-order valence-electron chi connectivity index (χ0n) is 9.03. The van der Waals surface area contributed by atoms with E-state index in [0.717, 1.165) is 0 Å². The quantitative estimate of drug-likeness (QED) is 0.880. The van der Waals surface area contributed by atoms with E-state index in [4.69, 9.17) is 16.3 Å². The van der Waals surface area contributed by atoms with Crippen LogP contribution in [0.4, 0.5) is 5.69 Å². The molecule has 0 bridgehead atoms. The minimum atomic E-state index is -0.278. The Kier molecular flexibility index (Phi) is 3.30. The fourth-order valence-corrected chi connectivity index (χ4v) is 1.52. The van der Waals surface area contributed by atoms with Crippen molar-refractivity contribution in [3.8, 4) is 5.75 Å². The maximum atomic E-state index is 11.8. The number of rotatable bonds is 3. The number of hydrogen-bond donors (Lipinski definition) is 2. The molecule has 5 nitrogen and oxygen atoms in total. The fourth-order valence-electron chi connectivity index (χ4n) is 1.35. The maximum Gasteiger partial charge on any atom is 0.258 e. The zero-order chi connectivity index (χ0) is 12.3. The standard InChI is InChI=1S/C11H10ClN3O2/c1-17-10-3-2-8(12)4-9(10)15-11(16)7-5-13-14-6-7/h2-6H,1H3,(H,13,14)(H,15,16). The summed E-state index contributed by atoms with van der Waals surface area (Å²) in [7, 11) is 1.52. The van der Waals surface area contributed by atoms with E-state index in [9.17, 15) is 4.79 Å². The Labute approximate surface area is 103 Å². The minimum absolute atomic E-state index is 0.278. The first-order valence-electron chi connectivity index (χ1n) is 4.84. The summed E-state index contributed by atoms with van der Waals surface area (Å²) in [6.07, 6.45) is 2.94. The Bertz CT molecular complexity index is 526. The van der Waals surface area contributed by atoms with Gasteiger partial charge in [-0.05, 0) is 18.2 Å². The summed E-state index contributed by atoms with van der Waals surface area (Å²) in [5.74, 6) is 0.269. The van der Waals surface area contributed by atoms with Gasteiger partial charge < -0.3 is 10.1 Å². The number of aromatic amines is 1. The molecule has 0 unspecified atom stereocenters. The first kappa shape index (κ1) is 11.5. The molecule has 2 N–H and O–H groups in total. The third-order valence-corrected chi connectivity index (χ3v) is 2.41. The van der Waals surface area contributed by atoms with Crippen LogP contribution in [0.1, 0.15) is 10.4 Å². The maximum absolute atomic E-state index is 11.8. The van der Waals surface area contributed by atoms with Gasteiger partial charge in [0.15, 0.2) is 0 Å². The van der Waals surface area contributed by atoms with Gasteiger partial charge in [-0.1, -0.05) is 11.6 Å². The lowest BCUT2D eigenvalue weighted by Gasteiger charge is -2.09. The molecule has 0 spiro atoms. The first-order chi connectivity index (χ1) is 8.20. The molecule has 17 heavy (non-hydrogen) atoms. The second-order valence-corrected chi connectivity index (χ2v) is 3.72. The van der Waals surface area contributed by atoms with Gasteiger partial charge in [-0.2, -0.15) is 5.10 Å². The number of aromatic nitrogens is 2. The van der Waals surface area contributed by atoms with Gasteiger partial charge in [0.25, 0.3) is 5.91 Å². The second kappa shape index (κ2) is 4.88. The topological polar surface area (TPSA) is 67.0 Å². The molecule has 0 aliphatic heterocycles. The van der Waals surface area contributed by atoms with Crippen molar-refractivity contribution in [1.82, 2.24) is 10.2 Å². The highest BCUT2D eigenvalue weighted by atomic mass is 35.5. The molecule has 6 heteroatoms. The van der Waals surface area contributed by atoms with Gasteiger partial charge in [0.1, 0.15) is 5.75 Å². The molecule has 1 heterocycles. The predicted octanol–water partition coefficient (Wildman–Crippen LogP) is 2.32. The molecule has 0 radical (unpaired) electrons. The Hall–Kier alpha value is -2.01.